The zero-order valence-electron chi connectivity index (χ0n) is 20.9. The van der Waals surface area contributed by atoms with E-state index in [4.69, 9.17) is 14.5 Å². The van der Waals surface area contributed by atoms with Crippen molar-refractivity contribution >= 4 is 17.6 Å². The highest BCUT2D eigenvalue weighted by molar-refractivity contribution is 5.69. The van der Waals surface area contributed by atoms with E-state index in [0.29, 0.717) is 26.2 Å². The molecule has 2 aromatic carbocycles. The molecule has 184 valence electrons. The molecule has 0 unspecified atom stereocenters. The summed E-state index contributed by atoms with van der Waals surface area (Å²) in [6.07, 6.45) is 1.58. The lowest BCUT2D eigenvalue weighted by Crippen LogP contribution is -2.50. The van der Waals surface area contributed by atoms with E-state index in [-0.39, 0.29) is 12.1 Å². The second-order valence-electron chi connectivity index (χ2n) is 9.59. The maximum Gasteiger partial charge on any atom is 0.410 e. The number of piperazine rings is 1. The third-order valence-electron chi connectivity index (χ3n) is 5.90. The molecule has 0 saturated carbocycles. The summed E-state index contributed by atoms with van der Waals surface area (Å²) in [6, 6.07) is 22.5. The van der Waals surface area contributed by atoms with Gasteiger partial charge in [-0.25, -0.2) is 9.78 Å². The van der Waals surface area contributed by atoms with Crippen LogP contribution in [0, 0.1) is 0 Å². The number of hydrogen-bond acceptors (Lipinski definition) is 6. The van der Waals surface area contributed by atoms with E-state index in [2.05, 4.69) is 34.5 Å². The number of nitrogens with zero attached hydrogens (tertiary/aromatic N) is 3. The summed E-state index contributed by atoms with van der Waals surface area (Å²) in [6.45, 7) is 8.18. The normalized spacial score (nSPS) is 14.1. The van der Waals surface area contributed by atoms with Crippen LogP contribution in [-0.2, 0) is 4.74 Å². The smallest absolute Gasteiger partial charge is 0.410 e. The highest BCUT2D eigenvalue weighted by atomic mass is 16.6. The molecule has 7 heteroatoms. The summed E-state index contributed by atoms with van der Waals surface area (Å²) in [5.74, 6) is 1.48. The van der Waals surface area contributed by atoms with Gasteiger partial charge in [0.2, 0.25) is 0 Å². The maximum atomic E-state index is 12.4. The second-order valence-corrected chi connectivity index (χ2v) is 9.59. The molecule has 1 fully saturated rings. The molecule has 0 atom stereocenters. The summed E-state index contributed by atoms with van der Waals surface area (Å²) < 4.78 is 11.3. The molecule has 4 rings (SSSR count). The molecule has 0 aliphatic carbocycles. The molecule has 1 amide bonds. The van der Waals surface area contributed by atoms with Crippen molar-refractivity contribution < 1.29 is 14.3 Å². The van der Waals surface area contributed by atoms with Gasteiger partial charge in [0.05, 0.1) is 25.0 Å². The first-order chi connectivity index (χ1) is 16.8. The molecular formula is C28H34N4O3. The van der Waals surface area contributed by atoms with Crippen molar-refractivity contribution in [2.45, 2.75) is 32.4 Å². The van der Waals surface area contributed by atoms with Crippen LogP contribution in [0.3, 0.4) is 0 Å². The first-order valence-corrected chi connectivity index (χ1v) is 12.0. The number of carbonyl (C=O) groups excluding carboxylic acids is 1. The van der Waals surface area contributed by atoms with E-state index < -0.39 is 5.60 Å². The molecule has 0 spiro atoms. The number of pyridine rings is 1. The van der Waals surface area contributed by atoms with Gasteiger partial charge in [0, 0.05) is 32.2 Å². The molecule has 3 aromatic rings. The third kappa shape index (κ3) is 6.23. The summed E-state index contributed by atoms with van der Waals surface area (Å²) in [7, 11) is 1.67. The molecule has 1 saturated heterocycles. The maximum absolute atomic E-state index is 12.4. The number of carbonyl (C=O) groups is 1. The van der Waals surface area contributed by atoms with Crippen LogP contribution in [0.4, 0.5) is 16.3 Å². The van der Waals surface area contributed by atoms with Crippen LogP contribution in [0.2, 0.25) is 0 Å². The van der Waals surface area contributed by atoms with Gasteiger partial charge in [0.15, 0.2) is 0 Å². The minimum atomic E-state index is -0.498. The Balaban J connectivity index is 1.49. The second kappa shape index (κ2) is 10.7. The number of amides is 1. The Bertz CT molecular complexity index is 1070. The topological polar surface area (TPSA) is 66.9 Å². The highest BCUT2D eigenvalue weighted by Crippen LogP contribution is 2.33. The number of anilines is 2. The molecule has 0 bridgehead atoms. The lowest BCUT2D eigenvalue weighted by Gasteiger charge is -2.37. The fourth-order valence-corrected chi connectivity index (χ4v) is 4.16. The minimum Gasteiger partial charge on any atom is -0.494 e. The molecule has 0 radical (unpaired) electrons. The van der Waals surface area contributed by atoms with E-state index in [1.165, 1.54) is 0 Å². The Labute approximate surface area is 207 Å². The van der Waals surface area contributed by atoms with Gasteiger partial charge in [0.1, 0.15) is 17.2 Å². The van der Waals surface area contributed by atoms with Gasteiger partial charge in [-0.05, 0) is 31.9 Å². The molecular weight excluding hydrogens is 440 g/mol. The monoisotopic (exact) mass is 474 g/mol. The van der Waals surface area contributed by atoms with Gasteiger partial charge in [-0.1, -0.05) is 60.7 Å². The fraction of sp³-hybridized carbons (Fsp3) is 0.357. The predicted molar refractivity (Wildman–Crippen MR) is 139 cm³/mol. The zero-order chi connectivity index (χ0) is 24.8. The SMILES string of the molecule is COc1cc(NC(c2ccccc2)c2ccccc2)ncc1N1CCN(C(=O)OC(C)(C)C)CC1. The standard InChI is InChI=1S/C28H34N4O3/c1-28(2,3)35-27(33)32-17-15-31(16-18-32)23-20-29-25(19-24(23)34-4)30-26(21-11-7-5-8-12-21)22-13-9-6-10-14-22/h5-14,19-20,26H,15-18H2,1-4H3,(H,29,30). The number of aromatic nitrogens is 1. The van der Waals surface area contributed by atoms with Crippen molar-refractivity contribution in [3.8, 4) is 5.75 Å². The van der Waals surface area contributed by atoms with Crippen molar-refractivity contribution in [1.29, 1.82) is 0 Å². The van der Waals surface area contributed by atoms with Crippen LogP contribution < -0.4 is 15.0 Å². The quantitative estimate of drug-likeness (QED) is 0.520. The average molecular weight is 475 g/mol. The predicted octanol–water partition coefficient (Wildman–Crippen LogP) is 5.35. The number of hydrogen-bond donors (Lipinski definition) is 1. The first kappa shape index (κ1) is 24.4. The van der Waals surface area contributed by atoms with E-state index in [1.54, 1.807) is 12.0 Å². The molecule has 1 N–H and O–H groups in total. The number of nitrogens with one attached hydrogen (secondary N) is 1. The van der Waals surface area contributed by atoms with Crippen LogP contribution in [0.5, 0.6) is 5.75 Å². The Morgan fingerprint density at radius 1 is 0.943 bits per heavy atom. The van der Waals surface area contributed by atoms with Crippen molar-refractivity contribution in [2.24, 2.45) is 0 Å². The molecule has 1 aliphatic heterocycles. The third-order valence-corrected chi connectivity index (χ3v) is 5.90. The van der Waals surface area contributed by atoms with Gasteiger partial charge in [-0.2, -0.15) is 0 Å². The van der Waals surface area contributed by atoms with Crippen molar-refractivity contribution in [1.82, 2.24) is 9.88 Å². The Morgan fingerprint density at radius 2 is 1.51 bits per heavy atom. The highest BCUT2D eigenvalue weighted by Gasteiger charge is 2.27. The van der Waals surface area contributed by atoms with E-state index in [9.17, 15) is 4.79 Å². The van der Waals surface area contributed by atoms with Crippen LogP contribution in [0.15, 0.2) is 72.9 Å². The molecule has 1 aliphatic rings. The Morgan fingerprint density at radius 3 is 2.03 bits per heavy atom. The summed E-state index contributed by atoms with van der Waals surface area (Å²) in [5.41, 5.74) is 2.73. The fourth-order valence-electron chi connectivity index (χ4n) is 4.16. The lowest BCUT2D eigenvalue weighted by molar-refractivity contribution is 0.0240. The number of ether oxygens (including phenoxy) is 2. The van der Waals surface area contributed by atoms with Crippen molar-refractivity contribution in [3.05, 3.63) is 84.1 Å². The largest absolute Gasteiger partial charge is 0.494 e. The summed E-state index contributed by atoms with van der Waals surface area (Å²) in [4.78, 5) is 21.1. The van der Waals surface area contributed by atoms with Gasteiger partial charge in [0.25, 0.3) is 0 Å². The van der Waals surface area contributed by atoms with Crippen LogP contribution in [0.25, 0.3) is 0 Å². The van der Waals surface area contributed by atoms with Gasteiger partial charge < -0.3 is 24.6 Å². The average Bonchev–Trinajstić information content (AvgIpc) is 2.87. The van der Waals surface area contributed by atoms with E-state index in [1.807, 2.05) is 69.4 Å². The van der Waals surface area contributed by atoms with Gasteiger partial charge >= 0.3 is 6.09 Å². The first-order valence-electron chi connectivity index (χ1n) is 12.0. The Hall–Kier alpha value is -3.74. The summed E-state index contributed by atoms with van der Waals surface area (Å²) >= 11 is 0. The number of benzene rings is 2. The summed E-state index contributed by atoms with van der Waals surface area (Å²) in [5, 5.41) is 3.58. The lowest BCUT2D eigenvalue weighted by atomic mass is 9.99. The number of methoxy groups -OCH3 is 1. The molecule has 2 heterocycles. The number of rotatable bonds is 6. The van der Waals surface area contributed by atoms with Crippen LogP contribution >= 0.6 is 0 Å². The minimum absolute atomic E-state index is 0.0437. The van der Waals surface area contributed by atoms with Crippen LogP contribution in [0.1, 0.15) is 37.9 Å². The molecule has 7 nitrogen and oxygen atoms in total. The zero-order valence-corrected chi connectivity index (χ0v) is 20.9. The van der Waals surface area contributed by atoms with Gasteiger partial charge in [-0.3, -0.25) is 0 Å². The van der Waals surface area contributed by atoms with Crippen LogP contribution in [-0.4, -0.2) is 54.9 Å². The van der Waals surface area contributed by atoms with E-state index >= 15 is 0 Å². The van der Waals surface area contributed by atoms with Crippen molar-refractivity contribution in [2.75, 3.05) is 43.5 Å². The van der Waals surface area contributed by atoms with E-state index in [0.717, 1.165) is 28.4 Å². The Kier molecular flexibility index (Phi) is 7.44. The molecule has 35 heavy (non-hydrogen) atoms. The van der Waals surface area contributed by atoms with Crippen molar-refractivity contribution in [3.63, 3.8) is 0 Å². The van der Waals surface area contributed by atoms with Gasteiger partial charge in [-0.15, -0.1) is 0 Å². The molecule has 1 aromatic heterocycles.